The van der Waals surface area contributed by atoms with Crippen molar-refractivity contribution in [2.24, 2.45) is 5.92 Å². The van der Waals surface area contributed by atoms with Crippen molar-refractivity contribution in [1.82, 2.24) is 0 Å². The van der Waals surface area contributed by atoms with Gasteiger partial charge in [0.15, 0.2) is 0 Å². The van der Waals surface area contributed by atoms with Gasteiger partial charge in [0.25, 0.3) is 0 Å². The van der Waals surface area contributed by atoms with Crippen LogP contribution in [0, 0.1) is 5.92 Å². The lowest BCUT2D eigenvalue weighted by Crippen LogP contribution is -2.58. The fraction of sp³-hybridized carbons (Fsp3) is 0.684. The topological polar surface area (TPSA) is 79.2 Å². The van der Waals surface area contributed by atoms with E-state index in [0.717, 1.165) is 36.5 Å². The van der Waals surface area contributed by atoms with Crippen LogP contribution in [0.3, 0.4) is 0 Å². The molecule has 5 atom stereocenters. The van der Waals surface area contributed by atoms with Crippen LogP contribution >= 0.6 is 0 Å². The van der Waals surface area contributed by atoms with Crippen molar-refractivity contribution in [3.05, 3.63) is 30.3 Å². The molecular weight excluding hydrogens is 364 g/mol. The quantitative estimate of drug-likeness (QED) is 0.557. The maximum Gasteiger partial charge on any atom is 0.357 e. The van der Waals surface area contributed by atoms with Gasteiger partial charge in [-0.25, -0.2) is 0 Å². The highest BCUT2D eigenvalue weighted by molar-refractivity contribution is 6.87. The number of aliphatic hydroxyl groups is 2. The SMILES string of the molecule is CCC[Si](CCC1CCC(O)C(O)C1)(OC)O[Si](C)(O)c1ccccc1. The van der Waals surface area contributed by atoms with Crippen LogP contribution in [0.15, 0.2) is 30.3 Å². The number of hydrogen-bond acceptors (Lipinski definition) is 5. The van der Waals surface area contributed by atoms with Crippen molar-refractivity contribution >= 4 is 22.3 Å². The zero-order valence-corrected chi connectivity index (χ0v) is 18.2. The Labute approximate surface area is 159 Å². The summed E-state index contributed by atoms with van der Waals surface area (Å²) in [6.45, 7) is 3.93. The van der Waals surface area contributed by atoms with Gasteiger partial charge in [-0.2, -0.15) is 0 Å². The monoisotopic (exact) mass is 398 g/mol. The number of benzene rings is 1. The Hall–Kier alpha value is -0.546. The molecule has 0 aliphatic heterocycles. The van der Waals surface area contributed by atoms with Crippen molar-refractivity contribution in [3.63, 3.8) is 0 Å². The highest BCUT2D eigenvalue weighted by Gasteiger charge is 2.45. The molecule has 0 bridgehead atoms. The molecule has 7 heteroatoms. The summed E-state index contributed by atoms with van der Waals surface area (Å²) in [6, 6.07) is 11.3. The predicted octanol–water partition coefficient (Wildman–Crippen LogP) is 2.39. The van der Waals surface area contributed by atoms with E-state index in [1.54, 1.807) is 7.11 Å². The molecule has 0 spiro atoms. The second-order valence-electron chi connectivity index (χ2n) is 7.67. The molecule has 0 amide bonds. The lowest BCUT2D eigenvalue weighted by Gasteiger charge is -2.37. The van der Waals surface area contributed by atoms with E-state index in [9.17, 15) is 15.0 Å². The van der Waals surface area contributed by atoms with Crippen molar-refractivity contribution in [2.45, 2.75) is 69.9 Å². The summed E-state index contributed by atoms with van der Waals surface area (Å²) in [4.78, 5) is 11.1. The summed E-state index contributed by atoms with van der Waals surface area (Å²) in [5, 5.41) is 20.5. The van der Waals surface area contributed by atoms with Gasteiger partial charge < -0.3 is 23.5 Å². The fourth-order valence-electron chi connectivity index (χ4n) is 3.92. The second-order valence-corrected chi connectivity index (χ2v) is 14.3. The molecule has 1 aromatic carbocycles. The molecule has 0 aromatic heterocycles. The molecular formula is C19H34O5Si2. The molecule has 0 radical (unpaired) electrons. The highest BCUT2D eigenvalue weighted by Crippen LogP contribution is 2.33. The zero-order chi connectivity index (χ0) is 19.2. The molecule has 1 aromatic rings. The van der Waals surface area contributed by atoms with Gasteiger partial charge >= 0.3 is 17.1 Å². The first kappa shape index (κ1) is 21.8. The van der Waals surface area contributed by atoms with E-state index in [0.29, 0.717) is 18.8 Å². The number of hydrogen-bond donors (Lipinski definition) is 3. The van der Waals surface area contributed by atoms with Crippen LogP contribution in [0.25, 0.3) is 0 Å². The minimum absolute atomic E-state index is 0.374. The lowest BCUT2D eigenvalue weighted by molar-refractivity contribution is -0.0260. The van der Waals surface area contributed by atoms with Crippen molar-refractivity contribution in [2.75, 3.05) is 7.11 Å². The highest BCUT2D eigenvalue weighted by atomic mass is 28.5. The molecule has 2 rings (SSSR count). The van der Waals surface area contributed by atoms with Gasteiger partial charge in [0.2, 0.25) is 0 Å². The van der Waals surface area contributed by atoms with Crippen LogP contribution in [0.1, 0.15) is 39.0 Å². The Morgan fingerprint density at radius 3 is 2.35 bits per heavy atom. The summed E-state index contributed by atoms with van der Waals surface area (Å²) < 4.78 is 12.4. The maximum atomic E-state index is 11.1. The maximum absolute atomic E-state index is 11.1. The first-order valence-electron chi connectivity index (χ1n) is 9.71. The minimum atomic E-state index is -3.04. The molecule has 0 saturated heterocycles. The Balaban J connectivity index is 2.07. The smallest absolute Gasteiger partial charge is 0.357 e. The summed E-state index contributed by atoms with van der Waals surface area (Å²) >= 11 is 0. The van der Waals surface area contributed by atoms with Crippen LogP contribution < -0.4 is 5.19 Å². The third-order valence-electron chi connectivity index (χ3n) is 5.52. The normalized spacial score (nSPS) is 28.3. The second kappa shape index (κ2) is 9.59. The summed E-state index contributed by atoms with van der Waals surface area (Å²) in [5.41, 5.74) is 0. The average molecular weight is 399 g/mol. The summed E-state index contributed by atoms with van der Waals surface area (Å²) in [6.07, 6.45) is 2.85. The van der Waals surface area contributed by atoms with Crippen molar-refractivity contribution < 1.29 is 23.5 Å². The molecule has 1 saturated carbocycles. The van der Waals surface area contributed by atoms with Crippen LogP contribution in [0.2, 0.25) is 18.6 Å². The number of aliphatic hydroxyl groups excluding tert-OH is 2. The van der Waals surface area contributed by atoms with Gasteiger partial charge in [-0.15, -0.1) is 0 Å². The average Bonchev–Trinajstić information content (AvgIpc) is 2.63. The van der Waals surface area contributed by atoms with Crippen LogP contribution in [0.4, 0.5) is 0 Å². The Kier molecular flexibility index (Phi) is 8.02. The van der Waals surface area contributed by atoms with E-state index in [1.807, 2.05) is 36.9 Å². The fourth-order valence-corrected chi connectivity index (χ4v) is 11.5. The molecule has 1 aliphatic rings. The van der Waals surface area contributed by atoms with Gasteiger partial charge in [0, 0.05) is 7.11 Å². The first-order chi connectivity index (χ1) is 12.3. The van der Waals surface area contributed by atoms with Crippen LogP contribution in [0.5, 0.6) is 0 Å². The molecule has 5 unspecified atom stereocenters. The Morgan fingerprint density at radius 2 is 1.77 bits per heavy atom. The first-order valence-corrected chi connectivity index (χ1v) is 14.3. The van der Waals surface area contributed by atoms with Crippen LogP contribution in [-0.4, -0.2) is 51.4 Å². The van der Waals surface area contributed by atoms with Gasteiger partial charge in [0.05, 0.1) is 12.2 Å². The van der Waals surface area contributed by atoms with E-state index < -0.39 is 29.3 Å². The van der Waals surface area contributed by atoms with Gasteiger partial charge in [-0.05, 0) is 55.4 Å². The minimum Gasteiger partial charge on any atom is -0.411 e. The van der Waals surface area contributed by atoms with Crippen molar-refractivity contribution in [1.29, 1.82) is 0 Å². The number of rotatable bonds is 9. The lowest BCUT2D eigenvalue weighted by atomic mass is 9.84. The Morgan fingerprint density at radius 1 is 1.08 bits per heavy atom. The van der Waals surface area contributed by atoms with Gasteiger partial charge in [-0.3, -0.25) is 0 Å². The standard InChI is InChI=1S/C19H34O5Si2/c1-4-13-26(23-2,14-12-16-10-11-18(20)19(21)15-16)24-25(3,22)17-8-6-5-7-9-17/h5-9,16,18-22H,4,10-15H2,1-3H3. The van der Waals surface area contributed by atoms with E-state index >= 15 is 0 Å². The molecule has 1 aliphatic carbocycles. The molecule has 148 valence electrons. The van der Waals surface area contributed by atoms with E-state index in [-0.39, 0.29) is 0 Å². The predicted molar refractivity (Wildman–Crippen MR) is 108 cm³/mol. The zero-order valence-electron chi connectivity index (χ0n) is 16.2. The summed E-state index contributed by atoms with van der Waals surface area (Å²) in [5.74, 6) is 0.374. The van der Waals surface area contributed by atoms with Crippen LogP contribution in [-0.2, 0) is 8.54 Å². The molecule has 5 nitrogen and oxygen atoms in total. The van der Waals surface area contributed by atoms with E-state index in [4.69, 9.17) is 8.54 Å². The third-order valence-corrected chi connectivity index (χ3v) is 13.1. The molecule has 3 N–H and O–H groups in total. The molecule has 26 heavy (non-hydrogen) atoms. The summed E-state index contributed by atoms with van der Waals surface area (Å²) in [7, 11) is -3.87. The molecule has 0 heterocycles. The van der Waals surface area contributed by atoms with Gasteiger partial charge in [-0.1, -0.05) is 43.7 Å². The van der Waals surface area contributed by atoms with E-state index in [1.165, 1.54) is 0 Å². The third kappa shape index (κ3) is 5.72. The molecule has 1 fully saturated rings. The largest absolute Gasteiger partial charge is 0.411 e. The van der Waals surface area contributed by atoms with Gasteiger partial charge in [0.1, 0.15) is 0 Å². The van der Waals surface area contributed by atoms with E-state index in [2.05, 4.69) is 6.92 Å². The Bertz CT molecular complexity index is 542. The van der Waals surface area contributed by atoms with Crippen molar-refractivity contribution in [3.8, 4) is 0 Å².